The van der Waals surface area contributed by atoms with Gasteiger partial charge in [-0.05, 0) is 46.5 Å². The van der Waals surface area contributed by atoms with Gasteiger partial charge < -0.3 is 0 Å². The van der Waals surface area contributed by atoms with Crippen LogP contribution in [0.15, 0.2) is 48.1 Å². The van der Waals surface area contributed by atoms with Crippen molar-refractivity contribution in [3.05, 3.63) is 48.1 Å². The molecular weight excluding hydrogens is 180 g/mol. The smallest absolute Gasteiger partial charge is 0.0144 e. The highest BCUT2D eigenvalue weighted by Gasteiger charge is 1.82. The molecule has 0 N–H and O–H groups in total. The maximum atomic E-state index is 3.72. The molecule has 84 valence electrons. The molecule has 0 radical (unpaired) electrons. The molecule has 0 rings (SSSR count). The molecule has 0 unspecified atom stereocenters. The average Bonchev–Trinajstić information content (AvgIpc) is 2.16. The molecule has 0 atom stereocenters. The van der Waals surface area contributed by atoms with Crippen LogP contribution in [0.25, 0.3) is 0 Å². The molecule has 0 aromatic rings. The van der Waals surface area contributed by atoms with E-state index in [0.717, 1.165) is 25.7 Å². The summed E-state index contributed by atoms with van der Waals surface area (Å²) in [6.07, 6.45) is 15.4. The summed E-state index contributed by atoms with van der Waals surface area (Å²) in [6.45, 7) is 10.2. The van der Waals surface area contributed by atoms with Gasteiger partial charge in [-0.15, -0.1) is 6.58 Å². The fourth-order valence-corrected chi connectivity index (χ4v) is 1.26. The first-order valence-corrected chi connectivity index (χ1v) is 5.71. The van der Waals surface area contributed by atoms with Crippen molar-refractivity contribution in [3.63, 3.8) is 0 Å². The Labute approximate surface area is 95.1 Å². The highest BCUT2D eigenvalue weighted by Crippen LogP contribution is 2.03. The van der Waals surface area contributed by atoms with Crippen molar-refractivity contribution < 1.29 is 0 Å². The molecular formula is C15H24. The van der Waals surface area contributed by atoms with Crippen LogP contribution in [0.5, 0.6) is 0 Å². The summed E-state index contributed by atoms with van der Waals surface area (Å²) in [5, 5.41) is 0. The molecule has 0 aromatic carbocycles. The van der Waals surface area contributed by atoms with Gasteiger partial charge in [0.15, 0.2) is 0 Å². The van der Waals surface area contributed by atoms with Crippen LogP contribution in [0.4, 0.5) is 0 Å². The Hall–Kier alpha value is -1.04. The van der Waals surface area contributed by atoms with Crippen LogP contribution in [-0.4, -0.2) is 0 Å². The lowest BCUT2D eigenvalue weighted by Crippen LogP contribution is -1.72. The van der Waals surface area contributed by atoms with E-state index in [1.54, 1.807) is 0 Å². The summed E-state index contributed by atoms with van der Waals surface area (Å²) in [5.41, 5.74) is 2.81. The van der Waals surface area contributed by atoms with Crippen LogP contribution in [-0.2, 0) is 0 Å². The van der Waals surface area contributed by atoms with Crippen molar-refractivity contribution in [2.75, 3.05) is 0 Å². The first kappa shape index (κ1) is 14.0. The lowest BCUT2D eigenvalue weighted by Gasteiger charge is -1.93. The number of allylic oxidation sites excluding steroid dienone is 7. The van der Waals surface area contributed by atoms with Gasteiger partial charge in [0.2, 0.25) is 0 Å². The molecule has 0 amide bonds. The summed E-state index contributed by atoms with van der Waals surface area (Å²) in [4.78, 5) is 0. The summed E-state index contributed by atoms with van der Waals surface area (Å²) >= 11 is 0. The van der Waals surface area contributed by atoms with E-state index in [1.165, 1.54) is 11.1 Å². The molecule has 0 fully saturated rings. The van der Waals surface area contributed by atoms with Crippen LogP contribution in [0.3, 0.4) is 0 Å². The van der Waals surface area contributed by atoms with E-state index in [9.17, 15) is 0 Å². The Morgan fingerprint density at radius 3 is 2.33 bits per heavy atom. The topological polar surface area (TPSA) is 0 Å². The van der Waals surface area contributed by atoms with Gasteiger partial charge in [0.1, 0.15) is 0 Å². The Bertz CT molecular complexity index is 247. The standard InChI is InChI=1S/C15H24/c1-5-11-15(4)13-10-8-6-7-9-12-14(2)3/h5-6,8,12-13H,1,7,9-11H2,2-4H3. The van der Waals surface area contributed by atoms with Crippen molar-refractivity contribution in [2.45, 2.75) is 46.5 Å². The summed E-state index contributed by atoms with van der Waals surface area (Å²) < 4.78 is 0. The lowest BCUT2D eigenvalue weighted by molar-refractivity contribution is 1.03. The number of hydrogen-bond acceptors (Lipinski definition) is 0. The highest BCUT2D eigenvalue weighted by molar-refractivity contribution is 5.05. The Kier molecular flexibility index (Phi) is 8.85. The zero-order chi connectivity index (χ0) is 11.5. The fourth-order valence-electron chi connectivity index (χ4n) is 1.26. The molecule has 0 aliphatic carbocycles. The predicted octanol–water partition coefficient (Wildman–Crippen LogP) is 5.20. The monoisotopic (exact) mass is 204 g/mol. The van der Waals surface area contributed by atoms with Gasteiger partial charge >= 0.3 is 0 Å². The first-order chi connectivity index (χ1) is 7.16. The largest absolute Gasteiger partial charge is 0.103 e. The number of unbranched alkanes of at least 4 members (excludes halogenated alkanes) is 1. The van der Waals surface area contributed by atoms with E-state index in [2.05, 4.69) is 51.7 Å². The van der Waals surface area contributed by atoms with Gasteiger partial charge in [-0.1, -0.05) is 41.5 Å². The van der Waals surface area contributed by atoms with Gasteiger partial charge in [-0.3, -0.25) is 0 Å². The quantitative estimate of drug-likeness (QED) is 0.395. The van der Waals surface area contributed by atoms with Crippen molar-refractivity contribution >= 4 is 0 Å². The van der Waals surface area contributed by atoms with E-state index in [0.29, 0.717) is 0 Å². The fraction of sp³-hybridized carbons (Fsp3) is 0.467. The molecule has 0 aliphatic rings. The van der Waals surface area contributed by atoms with Crippen LogP contribution in [0, 0.1) is 0 Å². The number of hydrogen-bond donors (Lipinski definition) is 0. The lowest BCUT2D eigenvalue weighted by atomic mass is 10.1. The van der Waals surface area contributed by atoms with Gasteiger partial charge in [0, 0.05) is 0 Å². The normalized spacial score (nSPS) is 11.8. The molecule has 0 spiro atoms. The Balaban J connectivity index is 3.59. The summed E-state index contributed by atoms with van der Waals surface area (Å²) in [6, 6.07) is 0. The van der Waals surface area contributed by atoms with E-state index in [-0.39, 0.29) is 0 Å². The van der Waals surface area contributed by atoms with E-state index < -0.39 is 0 Å². The number of rotatable bonds is 7. The maximum Gasteiger partial charge on any atom is -0.0144 e. The molecule has 0 heteroatoms. The summed E-state index contributed by atoms with van der Waals surface area (Å²) in [5.74, 6) is 0. The minimum absolute atomic E-state index is 1.01. The molecule has 0 nitrogen and oxygen atoms in total. The van der Waals surface area contributed by atoms with Crippen LogP contribution in [0.1, 0.15) is 46.5 Å². The van der Waals surface area contributed by atoms with Gasteiger partial charge in [-0.25, -0.2) is 0 Å². The third-order valence-corrected chi connectivity index (χ3v) is 2.12. The second kappa shape index (κ2) is 9.51. The molecule has 0 saturated carbocycles. The minimum atomic E-state index is 1.01. The van der Waals surface area contributed by atoms with Crippen molar-refractivity contribution in [1.82, 2.24) is 0 Å². The third kappa shape index (κ3) is 10.9. The van der Waals surface area contributed by atoms with Gasteiger partial charge in [0.25, 0.3) is 0 Å². The Morgan fingerprint density at radius 1 is 1.00 bits per heavy atom. The van der Waals surface area contributed by atoms with Crippen molar-refractivity contribution in [1.29, 1.82) is 0 Å². The van der Waals surface area contributed by atoms with E-state index in [1.807, 2.05) is 6.08 Å². The molecule has 0 aliphatic heterocycles. The van der Waals surface area contributed by atoms with E-state index in [4.69, 9.17) is 0 Å². The van der Waals surface area contributed by atoms with Crippen molar-refractivity contribution in [3.8, 4) is 0 Å². The second-order valence-electron chi connectivity index (χ2n) is 4.11. The van der Waals surface area contributed by atoms with E-state index >= 15 is 0 Å². The maximum absolute atomic E-state index is 3.72. The zero-order valence-electron chi connectivity index (χ0n) is 10.4. The molecule has 0 heterocycles. The SMILES string of the molecule is C=CCC(C)=CCC=CCCC=C(C)C. The molecule has 15 heavy (non-hydrogen) atoms. The predicted molar refractivity (Wildman–Crippen MR) is 71.0 cm³/mol. The third-order valence-electron chi connectivity index (χ3n) is 2.12. The highest BCUT2D eigenvalue weighted by atomic mass is 13.9. The second-order valence-corrected chi connectivity index (χ2v) is 4.11. The molecule has 0 saturated heterocycles. The van der Waals surface area contributed by atoms with Crippen molar-refractivity contribution in [2.24, 2.45) is 0 Å². The first-order valence-electron chi connectivity index (χ1n) is 5.71. The minimum Gasteiger partial charge on any atom is -0.103 e. The van der Waals surface area contributed by atoms with Crippen LogP contribution < -0.4 is 0 Å². The van der Waals surface area contributed by atoms with Crippen LogP contribution >= 0.6 is 0 Å². The summed E-state index contributed by atoms with van der Waals surface area (Å²) in [7, 11) is 0. The zero-order valence-corrected chi connectivity index (χ0v) is 10.4. The Morgan fingerprint density at radius 2 is 1.73 bits per heavy atom. The average molecular weight is 204 g/mol. The van der Waals surface area contributed by atoms with Gasteiger partial charge in [0.05, 0.1) is 0 Å². The van der Waals surface area contributed by atoms with Gasteiger partial charge in [-0.2, -0.15) is 0 Å². The van der Waals surface area contributed by atoms with Crippen LogP contribution in [0.2, 0.25) is 0 Å². The molecule has 0 bridgehead atoms. The molecule has 0 aromatic heterocycles.